The molecule has 0 amide bonds. The summed E-state index contributed by atoms with van der Waals surface area (Å²) in [4.78, 5) is 2.16. The van der Waals surface area contributed by atoms with Crippen LogP contribution in [0.15, 0.2) is 22.7 Å². The first-order chi connectivity index (χ1) is 8.63. The molecule has 1 aromatic rings. The zero-order valence-electron chi connectivity index (χ0n) is 10.9. The van der Waals surface area contributed by atoms with Crippen molar-refractivity contribution in [1.29, 1.82) is 0 Å². The fraction of sp³-hybridized carbons (Fsp3) is 0.538. The summed E-state index contributed by atoms with van der Waals surface area (Å²) in [6, 6.07) is 5.25. The first kappa shape index (κ1) is 15.6. The molecule has 18 heavy (non-hydrogen) atoms. The molecule has 5 heteroatoms. The van der Waals surface area contributed by atoms with Gasteiger partial charge < -0.3 is 15.0 Å². The first-order valence-electron chi connectivity index (χ1n) is 5.95. The fourth-order valence-corrected chi connectivity index (χ4v) is 1.84. The van der Waals surface area contributed by atoms with Crippen LogP contribution in [0.4, 0.5) is 4.39 Å². The van der Waals surface area contributed by atoms with Crippen LogP contribution >= 0.6 is 15.9 Å². The number of ether oxygens (including phenoxy) is 1. The zero-order chi connectivity index (χ0) is 13.4. The Balaban J connectivity index is 2.26. The Kier molecular flexibility index (Phi) is 7.42. The van der Waals surface area contributed by atoms with Gasteiger partial charge in [-0.05, 0) is 40.7 Å². The summed E-state index contributed by atoms with van der Waals surface area (Å²) < 4.78 is 18.8. The zero-order valence-corrected chi connectivity index (χ0v) is 12.5. The van der Waals surface area contributed by atoms with E-state index in [1.54, 1.807) is 19.2 Å². The van der Waals surface area contributed by atoms with E-state index in [1.165, 1.54) is 0 Å². The van der Waals surface area contributed by atoms with Crippen LogP contribution in [0.3, 0.4) is 0 Å². The second kappa shape index (κ2) is 8.58. The molecular weight excluding hydrogens is 299 g/mol. The van der Waals surface area contributed by atoms with Crippen LogP contribution in [0.1, 0.15) is 5.56 Å². The van der Waals surface area contributed by atoms with Crippen molar-refractivity contribution in [2.24, 2.45) is 0 Å². The number of methoxy groups -OCH3 is 1. The molecule has 0 spiro atoms. The number of hydrogen-bond acceptors (Lipinski definition) is 3. The highest BCUT2D eigenvalue weighted by Gasteiger charge is 2.03. The van der Waals surface area contributed by atoms with Gasteiger partial charge in [-0.25, -0.2) is 4.39 Å². The lowest BCUT2D eigenvalue weighted by Crippen LogP contribution is -2.30. The van der Waals surface area contributed by atoms with E-state index in [0.29, 0.717) is 4.47 Å². The van der Waals surface area contributed by atoms with Crippen LogP contribution in [-0.4, -0.2) is 45.3 Å². The minimum Gasteiger partial charge on any atom is -0.383 e. The molecule has 0 fully saturated rings. The highest BCUT2D eigenvalue weighted by Crippen LogP contribution is 2.16. The largest absolute Gasteiger partial charge is 0.383 e. The van der Waals surface area contributed by atoms with Gasteiger partial charge >= 0.3 is 0 Å². The Morgan fingerprint density at radius 2 is 2.17 bits per heavy atom. The second-order valence-electron chi connectivity index (χ2n) is 4.23. The van der Waals surface area contributed by atoms with Crippen LogP contribution < -0.4 is 5.32 Å². The van der Waals surface area contributed by atoms with Crippen LogP contribution in [0, 0.1) is 5.82 Å². The highest BCUT2D eigenvalue weighted by molar-refractivity contribution is 9.10. The van der Waals surface area contributed by atoms with Crippen molar-refractivity contribution in [3.05, 3.63) is 34.1 Å². The van der Waals surface area contributed by atoms with E-state index in [0.717, 1.165) is 38.3 Å². The number of hydrogen-bond donors (Lipinski definition) is 1. The molecule has 0 aliphatic rings. The number of rotatable bonds is 8. The molecule has 0 aliphatic carbocycles. The molecule has 3 nitrogen and oxygen atoms in total. The summed E-state index contributed by atoms with van der Waals surface area (Å²) in [6.07, 6.45) is 0. The Labute approximate surface area is 116 Å². The summed E-state index contributed by atoms with van der Waals surface area (Å²) in [5.41, 5.74) is 0.982. The number of nitrogens with one attached hydrogen (secondary N) is 1. The molecule has 0 unspecified atom stereocenters. The van der Waals surface area contributed by atoms with E-state index in [2.05, 4.69) is 26.1 Å². The predicted octanol–water partition coefficient (Wildman–Crippen LogP) is 2.26. The van der Waals surface area contributed by atoms with E-state index < -0.39 is 0 Å². The first-order valence-corrected chi connectivity index (χ1v) is 6.75. The van der Waals surface area contributed by atoms with Crippen molar-refractivity contribution >= 4 is 15.9 Å². The summed E-state index contributed by atoms with van der Waals surface area (Å²) in [5.74, 6) is -0.209. The van der Waals surface area contributed by atoms with Gasteiger partial charge in [-0.3, -0.25) is 0 Å². The highest BCUT2D eigenvalue weighted by atomic mass is 79.9. The molecule has 1 aromatic carbocycles. The van der Waals surface area contributed by atoms with E-state index in [-0.39, 0.29) is 5.82 Å². The summed E-state index contributed by atoms with van der Waals surface area (Å²) in [6.45, 7) is 4.15. The molecule has 0 heterocycles. The lowest BCUT2D eigenvalue weighted by molar-refractivity contribution is 0.197. The number of halogens is 2. The van der Waals surface area contributed by atoms with Gasteiger partial charge in [0.1, 0.15) is 5.82 Å². The molecule has 0 radical (unpaired) electrons. The maximum atomic E-state index is 13.3. The average molecular weight is 319 g/mol. The number of benzene rings is 1. The van der Waals surface area contributed by atoms with Gasteiger partial charge in [0, 0.05) is 33.3 Å². The van der Waals surface area contributed by atoms with Gasteiger partial charge in [0.15, 0.2) is 0 Å². The molecule has 0 bridgehead atoms. The van der Waals surface area contributed by atoms with E-state index in [9.17, 15) is 4.39 Å². The number of likely N-dealkylation sites (N-methyl/N-ethyl adjacent to an activating group) is 1. The normalized spacial score (nSPS) is 11.2. The minimum atomic E-state index is -0.209. The summed E-state index contributed by atoms with van der Waals surface area (Å²) in [5, 5.41) is 3.28. The van der Waals surface area contributed by atoms with Crippen LogP contribution in [0.25, 0.3) is 0 Å². The Morgan fingerprint density at radius 3 is 2.83 bits per heavy atom. The molecule has 0 aromatic heterocycles. The van der Waals surface area contributed by atoms with E-state index >= 15 is 0 Å². The molecule has 1 N–H and O–H groups in total. The standard InChI is InChI=1S/C13H20BrFN2O/c1-17(7-5-16-6-8-18-2)10-11-3-4-12(14)13(15)9-11/h3-4,9,16H,5-8,10H2,1-2H3. The van der Waals surface area contributed by atoms with Gasteiger partial charge in [-0.15, -0.1) is 0 Å². The average Bonchev–Trinajstić information content (AvgIpc) is 2.34. The van der Waals surface area contributed by atoms with Crippen LogP contribution in [0.2, 0.25) is 0 Å². The SMILES string of the molecule is COCCNCCN(C)Cc1ccc(Br)c(F)c1. The van der Waals surface area contributed by atoms with Crippen LogP contribution in [0.5, 0.6) is 0 Å². The van der Waals surface area contributed by atoms with Crippen molar-refractivity contribution in [2.45, 2.75) is 6.54 Å². The third-order valence-corrected chi connectivity index (χ3v) is 3.23. The predicted molar refractivity (Wildman–Crippen MR) is 75.2 cm³/mol. The maximum absolute atomic E-state index is 13.3. The lowest BCUT2D eigenvalue weighted by atomic mass is 10.2. The third kappa shape index (κ3) is 5.91. The van der Waals surface area contributed by atoms with Crippen LogP contribution in [-0.2, 0) is 11.3 Å². The van der Waals surface area contributed by atoms with E-state index in [4.69, 9.17) is 4.74 Å². The maximum Gasteiger partial charge on any atom is 0.137 e. The lowest BCUT2D eigenvalue weighted by Gasteiger charge is -2.17. The molecular formula is C13H20BrFN2O. The molecule has 0 atom stereocenters. The smallest absolute Gasteiger partial charge is 0.137 e. The second-order valence-corrected chi connectivity index (χ2v) is 5.08. The third-order valence-electron chi connectivity index (χ3n) is 2.59. The molecule has 0 aliphatic heterocycles. The Hall–Kier alpha value is -0.490. The quantitative estimate of drug-likeness (QED) is 0.744. The van der Waals surface area contributed by atoms with Gasteiger partial charge in [-0.1, -0.05) is 6.07 Å². The van der Waals surface area contributed by atoms with Gasteiger partial charge in [0.25, 0.3) is 0 Å². The van der Waals surface area contributed by atoms with Gasteiger partial charge in [0.2, 0.25) is 0 Å². The summed E-state index contributed by atoms with van der Waals surface area (Å²) in [7, 11) is 3.72. The van der Waals surface area contributed by atoms with Crippen molar-refractivity contribution in [2.75, 3.05) is 40.4 Å². The van der Waals surface area contributed by atoms with E-state index in [1.807, 2.05) is 13.1 Å². The Bertz CT molecular complexity index is 363. The fourth-order valence-electron chi connectivity index (χ4n) is 1.60. The minimum absolute atomic E-state index is 0.209. The topological polar surface area (TPSA) is 24.5 Å². The van der Waals surface area contributed by atoms with Crippen molar-refractivity contribution < 1.29 is 9.13 Å². The van der Waals surface area contributed by atoms with Gasteiger partial charge in [0.05, 0.1) is 11.1 Å². The molecule has 0 saturated heterocycles. The van der Waals surface area contributed by atoms with Crippen molar-refractivity contribution in [3.8, 4) is 0 Å². The number of nitrogens with zero attached hydrogens (tertiary/aromatic N) is 1. The van der Waals surface area contributed by atoms with Gasteiger partial charge in [-0.2, -0.15) is 0 Å². The molecule has 1 rings (SSSR count). The van der Waals surface area contributed by atoms with Crippen molar-refractivity contribution in [1.82, 2.24) is 10.2 Å². The molecule has 102 valence electrons. The van der Waals surface area contributed by atoms with Crippen molar-refractivity contribution in [3.63, 3.8) is 0 Å². The summed E-state index contributed by atoms with van der Waals surface area (Å²) >= 11 is 3.15. The molecule has 0 saturated carbocycles. The Morgan fingerprint density at radius 1 is 1.39 bits per heavy atom. The monoisotopic (exact) mass is 318 g/mol.